The number of H-pyrrole nitrogens is 1. The zero-order valence-electron chi connectivity index (χ0n) is 13.2. The number of nitrogens with one attached hydrogen (secondary N) is 1. The number of fused-ring (bicyclic) bond motifs is 1. The average molecular weight is 343 g/mol. The highest BCUT2D eigenvalue weighted by molar-refractivity contribution is 6.31. The molecule has 24 heavy (non-hydrogen) atoms. The summed E-state index contributed by atoms with van der Waals surface area (Å²) in [6, 6.07) is 10.6. The second-order valence-electron chi connectivity index (χ2n) is 5.38. The van der Waals surface area contributed by atoms with Crippen LogP contribution in [0.3, 0.4) is 0 Å². The van der Waals surface area contributed by atoms with Gasteiger partial charge in [0, 0.05) is 23.8 Å². The van der Waals surface area contributed by atoms with Gasteiger partial charge in [0.15, 0.2) is 5.58 Å². The Kier molecular flexibility index (Phi) is 4.27. The fourth-order valence-corrected chi connectivity index (χ4v) is 2.60. The average Bonchev–Trinajstić information content (AvgIpc) is 2.93. The number of likely N-dealkylation sites (N-methyl/N-ethyl adjacent to an activating group) is 1. The Morgan fingerprint density at radius 1 is 1.29 bits per heavy atom. The van der Waals surface area contributed by atoms with Gasteiger partial charge in [-0.2, -0.15) is 0 Å². The van der Waals surface area contributed by atoms with E-state index in [9.17, 15) is 9.59 Å². The van der Waals surface area contributed by atoms with Gasteiger partial charge in [-0.25, -0.2) is 4.79 Å². The molecule has 0 atom stereocenters. The molecule has 0 spiro atoms. The number of aromatic amines is 1. The third-order valence-electron chi connectivity index (χ3n) is 3.79. The minimum Gasteiger partial charge on any atom is -0.408 e. The maximum atomic E-state index is 12.4. The standard InChI is InChI=1S/C18H15ClN2O3/c1-11-13(19)4-3-5-15(11)21(2)17(22)9-7-12-6-8-16-14(10-12)20-18(23)24-16/h3-10H,1-2H3,(H,20,23)/b9-7+. The highest BCUT2D eigenvalue weighted by Gasteiger charge is 2.12. The van der Waals surface area contributed by atoms with Crippen molar-refractivity contribution in [2.24, 2.45) is 0 Å². The third kappa shape index (κ3) is 3.12. The quantitative estimate of drug-likeness (QED) is 0.737. The number of nitrogens with zero attached hydrogens (tertiary/aromatic N) is 1. The summed E-state index contributed by atoms with van der Waals surface area (Å²) in [6.07, 6.45) is 3.16. The van der Waals surface area contributed by atoms with Crippen LogP contribution in [-0.4, -0.2) is 17.9 Å². The van der Waals surface area contributed by atoms with Crippen LogP contribution in [0.1, 0.15) is 11.1 Å². The molecule has 1 aromatic heterocycles. The number of anilines is 1. The number of halogens is 1. The van der Waals surface area contributed by atoms with Crippen molar-refractivity contribution in [1.29, 1.82) is 0 Å². The summed E-state index contributed by atoms with van der Waals surface area (Å²) in [5.41, 5.74) is 3.46. The largest absolute Gasteiger partial charge is 0.417 e. The summed E-state index contributed by atoms with van der Waals surface area (Å²) in [5, 5.41) is 0.616. The van der Waals surface area contributed by atoms with Gasteiger partial charge in [0.2, 0.25) is 0 Å². The summed E-state index contributed by atoms with van der Waals surface area (Å²) in [4.78, 5) is 27.6. The Labute approximate surface area is 143 Å². The molecular formula is C18H15ClN2O3. The van der Waals surface area contributed by atoms with Crippen LogP contribution in [0.25, 0.3) is 17.2 Å². The van der Waals surface area contributed by atoms with Crippen molar-refractivity contribution in [2.45, 2.75) is 6.92 Å². The molecule has 1 amide bonds. The van der Waals surface area contributed by atoms with Crippen LogP contribution < -0.4 is 10.7 Å². The van der Waals surface area contributed by atoms with E-state index < -0.39 is 5.76 Å². The molecule has 3 rings (SSSR count). The number of oxazole rings is 1. The van der Waals surface area contributed by atoms with Crippen molar-refractivity contribution < 1.29 is 9.21 Å². The van der Waals surface area contributed by atoms with E-state index in [-0.39, 0.29) is 5.91 Å². The first kappa shape index (κ1) is 16.1. The normalized spacial score (nSPS) is 11.3. The molecule has 1 N–H and O–H groups in total. The topological polar surface area (TPSA) is 66.3 Å². The Morgan fingerprint density at radius 2 is 2.08 bits per heavy atom. The van der Waals surface area contributed by atoms with Crippen molar-refractivity contribution in [3.8, 4) is 0 Å². The van der Waals surface area contributed by atoms with Crippen LogP contribution in [0.5, 0.6) is 0 Å². The Hall–Kier alpha value is -2.79. The number of benzene rings is 2. The van der Waals surface area contributed by atoms with Gasteiger partial charge in [-0.1, -0.05) is 23.7 Å². The first-order chi connectivity index (χ1) is 11.5. The number of carbonyl (C=O) groups excluding carboxylic acids is 1. The number of carbonyl (C=O) groups is 1. The summed E-state index contributed by atoms with van der Waals surface area (Å²) in [7, 11) is 1.70. The number of hydrogen-bond acceptors (Lipinski definition) is 3. The third-order valence-corrected chi connectivity index (χ3v) is 4.20. The monoisotopic (exact) mass is 342 g/mol. The Morgan fingerprint density at radius 3 is 2.88 bits per heavy atom. The zero-order valence-corrected chi connectivity index (χ0v) is 13.9. The van der Waals surface area contributed by atoms with E-state index in [0.29, 0.717) is 16.1 Å². The van der Waals surface area contributed by atoms with Crippen molar-refractivity contribution in [2.75, 3.05) is 11.9 Å². The molecule has 0 fully saturated rings. The molecule has 0 saturated heterocycles. The smallest absolute Gasteiger partial charge is 0.408 e. The minimum atomic E-state index is -0.502. The molecule has 122 valence electrons. The van der Waals surface area contributed by atoms with Crippen LogP contribution in [0.4, 0.5) is 5.69 Å². The van der Waals surface area contributed by atoms with Gasteiger partial charge >= 0.3 is 5.76 Å². The lowest BCUT2D eigenvalue weighted by Crippen LogP contribution is -2.24. The predicted octanol–water partition coefficient (Wildman–Crippen LogP) is 3.76. The molecule has 0 aliphatic carbocycles. The molecule has 6 heteroatoms. The van der Waals surface area contributed by atoms with Gasteiger partial charge in [0.25, 0.3) is 5.91 Å². The summed E-state index contributed by atoms with van der Waals surface area (Å²) in [6.45, 7) is 1.87. The molecule has 0 radical (unpaired) electrons. The van der Waals surface area contributed by atoms with Crippen LogP contribution in [0.15, 0.2) is 51.7 Å². The van der Waals surface area contributed by atoms with Gasteiger partial charge in [-0.3, -0.25) is 9.78 Å². The van der Waals surface area contributed by atoms with Crippen LogP contribution in [0.2, 0.25) is 5.02 Å². The van der Waals surface area contributed by atoms with Gasteiger partial charge in [-0.15, -0.1) is 0 Å². The Balaban J connectivity index is 1.83. The number of rotatable bonds is 3. The fourth-order valence-electron chi connectivity index (χ4n) is 2.43. The van der Waals surface area contributed by atoms with Crippen molar-refractivity contribution >= 4 is 40.4 Å². The first-order valence-corrected chi connectivity index (χ1v) is 7.67. The molecule has 2 aromatic carbocycles. The maximum absolute atomic E-state index is 12.4. The predicted molar refractivity (Wildman–Crippen MR) is 95.5 cm³/mol. The van der Waals surface area contributed by atoms with Gasteiger partial charge < -0.3 is 9.32 Å². The molecule has 0 saturated carbocycles. The summed E-state index contributed by atoms with van der Waals surface area (Å²) < 4.78 is 4.95. The van der Waals surface area contributed by atoms with Crippen molar-refractivity contribution in [1.82, 2.24) is 4.98 Å². The Bertz CT molecular complexity index is 1000. The molecular weight excluding hydrogens is 328 g/mol. The number of aromatic nitrogens is 1. The van der Waals surface area contributed by atoms with E-state index in [1.807, 2.05) is 13.0 Å². The SMILES string of the molecule is Cc1c(Cl)cccc1N(C)C(=O)/C=C/c1ccc2oc(=O)[nH]c2c1. The molecule has 0 aliphatic rings. The minimum absolute atomic E-state index is 0.179. The summed E-state index contributed by atoms with van der Waals surface area (Å²) in [5.74, 6) is -0.681. The van der Waals surface area contributed by atoms with Crippen molar-refractivity contribution in [3.05, 3.63) is 69.2 Å². The summed E-state index contributed by atoms with van der Waals surface area (Å²) >= 11 is 6.10. The van der Waals surface area contributed by atoms with Crippen LogP contribution >= 0.6 is 11.6 Å². The van der Waals surface area contributed by atoms with E-state index in [1.54, 1.807) is 43.5 Å². The lowest BCUT2D eigenvalue weighted by Gasteiger charge is -2.18. The lowest BCUT2D eigenvalue weighted by molar-refractivity contribution is -0.113. The van der Waals surface area contributed by atoms with E-state index in [0.717, 1.165) is 16.8 Å². The molecule has 0 unspecified atom stereocenters. The second-order valence-corrected chi connectivity index (χ2v) is 5.79. The molecule has 5 nitrogen and oxygen atoms in total. The van der Waals surface area contributed by atoms with Gasteiger partial charge in [0.1, 0.15) is 0 Å². The highest BCUT2D eigenvalue weighted by Crippen LogP contribution is 2.26. The zero-order chi connectivity index (χ0) is 17.3. The van der Waals surface area contributed by atoms with Gasteiger partial charge in [-0.05, 0) is 48.4 Å². The van der Waals surface area contributed by atoms with E-state index in [4.69, 9.17) is 16.0 Å². The van der Waals surface area contributed by atoms with E-state index in [2.05, 4.69) is 4.98 Å². The maximum Gasteiger partial charge on any atom is 0.417 e. The van der Waals surface area contributed by atoms with Crippen LogP contribution in [-0.2, 0) is 4.79 Å². The van der Waals surface area contributed by atoms with Crippen LogP contribution in [0, 0.1) is 6.92 Å². The highest BCUT2D eigenvalue weighted by atomic mass is 35.5. The lowest BCUT2D eigenvalue weighted by atomic mass is 10.1. The van der Waals surface area contributed by atoms with E-state index >= 15 is 0 Å². The second kappa shape index (κ2) is 6.37. The first-order valence-electron chi connectivity index (χ1n) is 7.29. The molecule has 3 aromatic rings. The molecule has 0 aliphatic heterocycles. The molecule has 1 heterocycles. The fraction of sp³-hybridized carbons (Fsp3) is 0.111. The van der Waals surface area contributed by atoms with E-state index in [1.165, 1.54) is 11.0 Å². The van der Waals surface area contributed by atoms with Gasteiger partial charge in [0.05, 0.1) is 5.52 Å². The number of amides is 1. The number of hydrogen-bond donors (Lipinski definition) is 1. The molecule has 0 bridgehead atoms. The van der Waals surface area contributed by atoms with Crippen molar-refractivity contribution in [3.63, 3.8) is 0 Å².